The zero-order valence-electron chi connectivity index (χ0n) is 13.7. The molecule has 1 N–H and O–H groups in total. The molecule has 0 saturated carbocycles. The summed E-state index contributed by atoms with van der Waals surface area (Å²) in [6, 6.07) is 19.9. The summed E-state index contributed by atoms with van der Waals surface area (Å²) in [6.07, 6.45) is 0. The second kappa shape index (κ2) is 8.46. The average Bonchev–Trinajstić information content (AvgIpc) is 2.57. The van der Waals surface area contributed by atoms with Gasteiger partial charge in [0.1, 0.15) is 0 Å². The third kappa shape index (κ3) is 4.65. The molecule has 0 aromatic heterocycles. The van der Waals surface area contributed by atoms with Gasteiger partial charge in [0.05, 0.1) is 19.2 Å². The van der Waals surface area contributed by atoms with E-state index in [1.165, 1.54) is 0 Å². The first-order valence-electron chi connectivity index (χ1n) is 7.78. The largest absolute Gasteiger partial charge is 0.395 e. The van der Waals surface area contributed by atoms with Crippen molar-refractivity contribution < 1.29 is 9.90 Å². The highest BCUT2D eigenvalue weighted by molar-refractivity contribution is 5.79. The van der Waals surface area contributed by atoms with Gasteiger partial charge < -0.3 is 10.0 Å². The number of carbonyl (C=O) groups is 1. The quantitative estimate of drug-likeness (QED) is 0.852. The first-order chi connectivity index (χ1) is 11.1. The molecule has 2 aromatic rings. The van der Waals surface area contributed by atoms with Crippen LogP contribution >= 0.6 is 0 Å². The molecule has 2 rings (SSSR count). The standard InChI is InChI=1S/C19H24N2O2/c1-20(13-14-22)15-18(23)21(2)19(16-9-5-3-6-10-16)17-11-7-4-8-12-17/h3-12,19,22H,13-15H2,1-2H3. The van der Waals surface area contributed by atoms with Crippen LogP contribution in [-0.2, 0) is 4.79 Å². The van der Waals surface area contributed by atoms with Gasteiger partial charge in [0.2, 0.25) is 5.91 Å². The Morgan fingerprint density at radius 2 is 1.43 bits per heavy atom. The molecule has 4 nitrogen and oxygen atoms in total. The molecule has 0 fully saturated rings. The van der Waals surface area contributed by atoms with E-state index in [0.717, 1.165) is 11.1 Å². The Morgan fingerprint density at radius 1 is 0.957 bits per heavy atom. The van der Waals surface area contributed by atoms with Gasteiger partial charge in [-0.25, -0.2) is 0 Å². The molecule has 122 valence electrons. The molecule has 0 heterocycles. The third-order valence-corrected chi connectivity index (χ3v) is 3.90. The van der Waals surface area contributed by atoms with E-state index >= 15 is 0 Å². The molecule has 0 bridgehead atoms. The summed E-state index contributed by atoms with van der Waals surface area (Å²) in [5.41, 5.74) is 2.17. The van der Waals surface area contributed by atoms with Crippen molar-refractivity contribution in [3.05, 3.63) is 71.8 Å². The van der Waals surface area contributed by atoms with Crippen molar-refractivity contribution in [2.75, 3.05) is 33.8 Å². The number of aliphatic hydroxyl groups is 1. The van der Waals surface area contributed by atoms with Crippen molar-refractivity contribution in [1.82, 2.24) is 9.80 Å². The van der Waals surface area contributed by atoms with Gasteiger partial charge in [-0.05, 0) is 18.2 Å². The second-order valence-electron chi connectivity index (χ2n) is 5.69. The molecule has 0 aliphatic carbocycles. The number of hydrogen-bond acceptors (Lipinski definition) is 3. The first-order valence-corrected chi connectivity index (χ1v) is 7.78. The lowest BCUT2D eigenvalue weighted by Crippen LogP contribution is -2.39. The summed E-state index contributed by atoms with van der Waals surface area (Å²) in [7, 11) is 3.67. The van der Waals surface area contributed by atoms with Gasteiger partial charge >= 0.3 is 0 Å². The van der Waals surface area contributed by atoms with E-state index in [2.05, 4.69) is 0 Å². The number of likely N-dealkylation sites (N-methyl/N-ethyl adjacent to an activating group) is 2. The topological polar surface area (TPSA) is 43.8 Å². The monoisotopic (exact) mass is 312 g/mol. The van der Waals surface area contributed by atoms with Crippen molar-refractivity contribution in [2.24, 2.45) is 0 Å². The summed E-state index contributed by atoms with van der Waals surface area (Å²) < 4.78 is 0. The van der Waals surface area contributed by atoms with Crippen LogP contribution in [0.4, 0.5) is 0 Å². The van der Waals surface area contributed by atoms with Crippen LogP contribution in [0.25, 0.3) is 0 Å². The molecule has 1 amide bonds. The smallest absolute Gasteiger partial charge is 0.237 e. The van der Waals surface area contributed by atoms with Crippen molar-refractivity contribution in [3.8, 4) is 0 Å². The number of carbonyl (C=O) groups excluding carboxylic acids is 1. The maximum absolute atomic E-state index is 12.6. The lowest BCUT2D eigenvalue weighted by atomic mass is 9.97. The van der Waals surface area contributed by atoms with Crippen LogP contribution in [0.15, 0.2) is 60.7 Å². The van der Waals surface area contributed by atoms with Crippen LogP contribution in [0.3, 0.4) is 0 Å². The Kier molecular flexibility index (Phi) is 6.32. The first kappa shape index (κ1) is 17.2. The highest BCUT2D eigenvalue weighted by Crippen LogP contribution is 2.27. The van der Waals surface area contributed by atoms with E-state index in [4.69, 9.17) is 5.11 Å². The van der Waals surface area contributed by atoms with Crippen LogP contribution in [0.1, 0.15) is 17.2 Å². The molecule has 0 saturated heterocycles. The SMILES string of the molecule is CN(CCO)CC(=O)N(C)C(c1ccccc1)c1ccccc1. The number of nitrogens with zero attached hydrogens (tertiary/aromatic N) is 2. The molecule has 0 unspecified atom stereocenters. The number of amides is 1. The van der Waals surface area contributed by atoms with Gasteiger partial charge in [0, 0.05) is 13.6 Å². The Hall–Kier alpha value is -2.17. The Labute approximate surface area is 138 Å². The maximum atomic E-state index is 12.6. The van der Waals surface area contributed by atoms with E-state index in [0.29, 0.717) is 6.54 Å². The summed E-state index contributed by atoms with van der Waals surface area (Å²) in [4.78, 5) is 16.2. The molecule has 0 spiro atoms. The van der Waals surface area contributed by atoms with Crippen LogP contribution in [0.2, 0.25) is 0 Å². The fraction of sp³-hybridized carbons (Fsp3) is 0.316. The molecule has 4 heteroatoms. The summed E-state index contributed by atoms with van der Waals surface area (Å²) in [5, 5.41) is 8.99. The summed E-state index contributed by atoms with van der Waals surface area (Å²) >= 11 is 0. The lowest BCUT2D eigenvalue weighted by Gasteiger charge is -2.30. The van der Waals surface area contributed by atoms with Crippen molar-refractivity contribution >= 4 is 5.91 Å². The van der Waals surface area contributed by atoms with Gasteiger partial charge in [0.25, 0.3) is 0 Å². The average molecular weight is 312 g/mol. The van der Waals surface area contributed by atoms with E-state index in [-0.39, 0.29) is 25.1 Å². The minimum absolute atomic E-state index is 0.0265. The third-order valence-electron chi connectivity index (χ3n) is 3.90. The van der Waals surface area contributed by atoms with Crippen molar-refractivity contribution in [2.45, 2.75) is 6.04 Å². The normalized spacial score (nSPS) is 11.0. The minimum atomic E-state index is -0.118. The molecular formula is C19H24N2O2. The second-order valence-corrected chi connectivity index (χ2v) is 5.69. The Morgan fingerprint density at radius 3 is 1.87 bits per heavy atom. The summed E-state index contributed by atoms with van der Waals surface area (Å²) in [5.74, 6) is 0.0265. The molecule has 23 heavy (non-hydrogen) atoms. The lowest BCUT2D eigenvalue weighted by molar-refractivity contribution is -0.132. The van der Waals surface area contributed by atoms with Crippen LogP contribution < -0.4 is 0 Å². The van der Waals surface area contributed by atoms with Gasteiger partial charge in [-0.1, -0.05) is 60.7 Å². The number of benzene rings is 2. The fourth-order valence-electron chi connectivity index (χ4n) is 2.65. The maximum Gasteiger partial charge on any atom is 0.237 e. The van der Waals surface area contributed by atoms with E-state index in [9.17, 15) is 4.79 Å². The Bertz CT molecular complexity index is 562. The van der Waals surface area contributed by atoms with Gasteiger partial charge in [-0.15, -0.1) is 0 Å². The van der Waals surface area contributed by atoms with E-state index in [1.54, 1.807) is 4.90 Å². The molecule has 0 aliphatic rings. The van der Waals surface area contributed by atoms with Crippen molar-refractivity contribution in [1.29, 1.82) is 0 Å². The minimum Gasteiger partial charge on any atom is -0.395 e. The van der Waals surface area contributed by atoms with Crippen LogP contribution in [0, 0.1) is 0 Å². The van der Waals surface area contributed by atoms with Crippen molar-refractivity contribution in [3.63, 3.8) is 0 Å². The highest BCUT2D eigenvalue weighted by Gasteiger charge is 2.23. The predicted molar refractivity (Wildman–Crippen MR) is 92.1 cm³/mol. The van der Waals surface area contributed by atoms with E-state index < -0.39 is 0 Å². The zero-order chi connectivity index (χ0) is 16.7. The van der Waals surface area contributed by atoms with Crippen LogP contribution in [0.5, 0.6) is 0 Å². The highest BCUT2D eigenvalue weighted by atomic mass is 16.3. The van der Waals surface area contributed by atoms with Gasteiger partial charge in [-0.3, -0.25) is 9.69 Å². The number of rotatable bonds is 7. The van der Waals surface area contributed by atoms with Gasteiger partial charge in [-0.2, -0.15) is 0 Å². The molecule has 2 aromatic carbocycles. The predicted octanol–water partition coefficient (Wildman–Crippen LogP) is 2.16. The number of aliphatic hydroxyl groups excluding tert-OH is 1. The molecular weight excluding hydrogens is 288 g/mol. The Balaban J connectivity index is 2.25. The van der Waals surface area contributed by atoms with Crippen LogP contribution in [-0.4, -0.2) is 54.6 Å². The fourth-order valence-corrected chi connectivity index (χ4v) is 2.65. The zero-order valence-corrected chi connectivity index (χ0v) is 13.7. The number of hydrogen-bond donors (Lipinski definition) is 1. The van der Waals surface area contributed by atoms with Gasteiger partial charge in [0.15, 0.2) is 0 Å². The molecule has 0 atom stereocenters. The summed E-state index contributed by atoms with van der Waals surface area (Å²) in [6.45, 7) is 0.822. The molecule has 0 aliphatic heterocycles. The van der Waals surface area contributed by atoms with E-state index in [1.807, 2.05) is 79.7 Å². The molecule has 0 radical (unpaired) electrons.